The van der Waals surface area contributed by atoms with Gasteiger partial charge in [-0.1, -0.05) is 41.9 Å². The van der Waals surface area contributed by atoms with Crippen LogP contribution in [-0.2, 0) is 4.79 Å². The molecule has 0 radical (unpaired) electrons. The topological polar surface area (TPSA) is 49.4 Å². The maximum Gasteiger partial charge on any atom is 0.270 e. The van der Waals surface area contributed by atoms with Gasteiger partial charge in [0.2, 0.25) is 6.41 Å². The number of amides is 2. The van der Waals surface area contributed by atoms with Crippen molar-refractivity contribution in [3.05, 3.63) is 65.2 Å². The summed E-state index contributed by atoms with van der Waals surface area (Å²) >= 11 is 5.98. The molecule has 0 saturated heterocycles. The number of carbonyl (C=O) groups excluding carboxylic acids is 2. The van der Waals surface area contributed by atoms with Crippen LogP contribution in [0.2, 0.25) is 5.02 Å². The van der Waals surface area contributed by atoms with Crippen molar-refractivity contribution in [2.24, 2.45) is 0 Å². The Morgan fingerprint density at radius 1 is 1.05 bits per heavy atom. The summed E-state index contributed by atoms with van der Waals surface area (Å²) in [4.78, 5) is 23.0. The summed E-state index contributed by atoms with van der Waals surface area (Å²) in [7, 11) is 0. The van der Waals surface area contributed by atoms with Crippen molar-refractivity contribution in [3.63, 3.8) is 0 Å². The largest absolute Gasteiger partial charge is 0.276 e. The summed E-state index contributed by atoms with van der Waals surface area (Å²) in [5, 5.41) is 1.43. The number of benzene rings is 2. The number of hydrazine groups is 1. The smallest absolute Gasteiger partial charge is 0.270 e. The minimum absolute atomic E-state index is 0.378. The molecule has 0 atom stereocenters. The van der Waals surface area contributed by atoms with Crippen molar-refractivity contribution in [1.29, 1.82) is 0 Å². The first kappa shape index (κ1) is 13.1. The van der Waals surface area contributed by atoms with Crippen molar-refractivity contribution >= 4 is 29.6 Å². The normalized spacial score (nSPS) is 9.74. The standard InChI is InChI=1S/C14H11ClN2O2/c15-12-8-4-5-9-13(12)17(10-18)16-14(19)11-6-2-1-3-7-11/h1-10H,(H,16,19). The molecule has 0 spiro atoms. The summed E-state index contributed by atoms with van der Waals surface area (Å²) in [6.07, 6.45) is 0.502. The van der Waals surface area contributed by atoms with E-state index in [1.54, 1.807) is 48.5 Å². The second-order valence-corrected chi connectivity index (χ2v) is 4.14. The summed E-state index contributed by atoms with van der Waals surface area (Å²) in [5.74, 6) is -0.382. The molecule has 1 N–H and O–H groups in total. The highest BCUT2D eigenvalue weighted by Crippen LogP contribution is 2.23. The van der Waals surface area contributed by atoms with E-state index in [0.29, 0.717) is 22.7 Å². The fraction of sp³-hybridized carbons (Fsp3) is 0. The number of carbonyl (C=O) groups is 2. The predicted molar refractivity (Wildman–Crippen MR) is 73.9 cm³/mol. The van der Waals surface area contributed by atoms with Crippen molar-refractivity contribution in [2.45, 2.75) is 0 Å². The molecule has 0 unspecified atom stereocenters. The number of hydrogen-bond donors (Lipinski definition) is 1. The van der Waals surface area contributed by atoms with E-state index in [2.05, 4.69) is 5.43 Å². The number of para-hydroxylation sites is 1. The van der Waals surface area contributed by atoms with Gasteiger partial charge in [0.25, 0.3) is 5.91 Å². The van der Waals surface area contributed by atoms with Gasteiger partial charge >= 0.3 is 0 Å². The van der Waals surface area contributed by atoms with E-state index in [0.717, 1.165) is 5.01 Å². The van der Waals surface area contributed by atoms with Gasteiger partial charge in [0.05, 0.1) is 10.7 Å². The van der Waals surface area contributed by atoms with Crippen LogP contribution in [0.4, 0.5) is 5.69 Å². The Bertz CT molecular complexity index is 587. The molecule has 2 rings (SSSR count). The number of anilines is 1. The molecule has 0 saturated carbocycles. The lowest BCUT2D eigenvalue weighted by molar-refractivity contribution is -0.107. The SMILES string of the molecule is O=CN(NC(=O)c1ccccc1)c1ccccc1Cl. The minimum atomic E-state index is -0.382. The Kier molecular flexibility index (Phi) is 4.15. The van der Waals surface area contributed by atoms with E-state index in [1.807, 2.05) is 6.07 Å². The average Bonchev–Trinajstić information content (AvgIpc) is 2.46. The summed E-state index contributed by atoms with van der Waals surface area (Å²) in [6.45, 7) is 0. The minimum Gasteiger partial charge on any atom is -0.276 e. The number of hydrogen-bond acceptors (Lipinski definition) is 2. The van der Waals surface area contributed by atoms with Crippen molar-refractivity contribution in [1.82, 2.24) is 5.43 Å². The molecule has 0 aliphatic carbocycles. The van der Waals surface area contributed by atoms with Gasteiger partial charge in [-0.05, 0) is 24.3 Å². The first-order chi connectivity index (χ1) is 9.22. The Morgan fingerprint density at radius 3 is 2.32 bits per heavy atom. The van der Waals surface area contributed by atoms with E-state index in [-0.39, 0.29) is 5.91 Å². The van der Waals surface area contributed by atoms with Gasteiger partial charge in [-0.2, -0.15) is 0 Å². The second kappa shape index (κ2) is 6.02. The Balaban J connectivity index is 2.19. The first-order valence-corrected chi connectivity index (χ1v) is 5.95. The average molecular weight is 275 g/mol. The maximum atomic E-state index is 11.9. The third-order valence-electron chi connectivity index (χ3n) is 2.48. The quantitative estimate of drug-likeness (QED) is 0.688. The number of nitrogens with zero attached hydrogens (tertiary/aromatic N) is 1. The number of rotatable bonds is 4. The zero-order valence-electron chi connectivity index (χ0n) is 9.92. The zero-order valence-corrected chi connectivity index (χ0v) is 10.7. The third-order valence-corrected chi connectivity index (χ3v) is 2.79. The summed E-state index contributed by atoms with van der Waals surface area (Å²) < 4.78 is 0. The third kappa shape index (κ3) is 3.11. The van der Waals surface area contributed by atoms with Crippen LogP contribution < -0.4 is 10.4 Å². The molecule has 0 aromatic heterocycles. The van der Waals surface area contributed by atoms with Crippen LogP contribution in [0.5, 0.6) is 0 Å². The molecule has 4 nitrogen and oxygen atoms in total. The van der Waals surface area contributed by atoms with E-state index < -0.39 is 0 Å². The molecule has 0 aliphatic heterocycles. The van der Waals surface area contributed by atoms with Crippen LogP contribution in [0.1, 0.15) is 10.4 Å². The Hall–Kier alpha value is -2.33. The van der Waals surface area contributed by atoms with Crippen LogP contribution in [0.15, 0.2) is 54.6 Å². The molecule has 0 aliphatic rings. The molecule has 0 fully saturated rings. The van der Waals surface area contributed by atoms with E-state index in [9.17, 15) is 9.59 Å². The first-order valence-electron chi connectivity index (χ1n) is 5.57. The van der Waals surface area contributed by atoms with Crippen LogP contribution >= 0.6 is 11.6 Å². The highest BCUT2D eigenvalue weighted by molar-refractivity contribution is 6.33. The molecular formula is C14H11ClN2O2. The molecule has 0 heterocycles. The van der Waals surface area contributed by atoms with Gasteiger partial charge in [-0.15, -0.1) is 0 Å². The van der Waals surface area contributed by atoms with Crippen LogP contribution in [0.3, 0.4) is 0 Å². The van der Waals surface area contributed by atoms with Crippen LogP contribution in [0, 0.1) is 0 Å². The molecule has 2 aromatic rings. The fourth-order valence-corrected chi connectivity index (χ4v) is 1.78. The van der Waals surface area contributed by atoms with Crippen molar-refractivity contribution in [2.75, 3.05) is 5.01 Å². The molecule has 2 amide bonds. The summed E-state index contributed by atoms with van der Waals surface area (Å²) in [6, 6.07) is 15.4. The number of halogens is 1. The molecule has 96 valence electrons. The molecule has 5 heteroatoms. The Morgan fingerprint density at radius 2 is 1.68 bits per heavy atom. The Labute approximate surface area is 115 Å². The van der Waals surface area contributed by atoms with E-state index in [4.69, 9.17) is 11.6 Å². The lowest BCUT2D eigenvalue weighted by Crippen LogP contribution is -2.41. The van der Waals surface area contributed by atoms with Gasteiger partial charge in [-0.25, -0.2) is 5.01 Å². The zero-order chi connectivity index (χ0) is 13.7. The predicted octanol–water partition coefficient (Wildman–Crippen LogP) is 2.65. The lowest BCUT2D eigenvalue weighted by atomic mass is 10.2. The molecule has 19 heavy (non-hydrogen) atoms. The molecule has 0 bridgehead atoms. The second-order valence-electron chi connectivity index (χ2n) is 3.73. The monoisotopic (exact) mass is 274 g/mol. The lowest BCUT2D eigenvalue weighted by Gasteiger charge is -2.19. The highest BCUT2D eigenvalue weighted by atomic mass is 35.5. The molecule has 2 aromatic carbocycles. The van der Waals surface area contributed by atoms with Crippen molar-refractivity contribution < 1.29 is 9.59 Å². The van der Waals surface area contributed by atoms with Crippen molar-refractivity contribution in [3.8, 4) is 0 Å². The van der Waals surface area contributed by atoms with Gasteiger partial charge in [-0.3, -0.25) is 15.0 Å². The van der Waals surface area contributed by atoms with Gasteiger partial charge in [0.15, 0.2) is 0 Å². The van der Waals surface area contributed by atoms with Crippen LogP contribution in [0.25, 0.3) is 0 Å². The van der Waals surface area contributed by atoms with E-state index in [1.165, 1.54) is 0 Å². The van der Waals surface area contributed by atoms with Gasteiger partial charge in [0, 0.05) is 5.56 Å². The maximum absolute atomic E-state index is 11.9. The highest BCUT2D eigenvalue weighted by Gasteiger charge is 2.13. The van der Waals surface area contributed by atoms with E-state index >= 15 is 0 Å². The fourth-order valence-electron chi connectivity index (χ4n) is 1.55. The molecular weight excluding hydrogens is 264 g/mol. The van der Waals surface area contributed by atoms with Crippen LogP contribution in [-0.4, -0.2) is 12.3 Å². The van der Waals surface area contributed by atoms with Gasteiger partial charge in [0.1, 0.15) is 0 Å². The van der Waals surface area contributed by atoms with Gasteiger partial charge < -0.3 is 0 Å². The number of nitrogens with one attached hydrogen (secondary N) is 1. The summed E-state index contributed by atoms with van der Waals surface area (Å²) in [5.41, 5.74) is 3.36.